The monoisotopic (exact) mass is 227 g/mol. The number of rotatable bonds is 5. The molecule has 0 aromatic heterocycles. The van der Waals surface area contributed by atoms with Crippen molar-refractivity contribution in [2.45, 2.75) is 71.4 Å². The average Bonchev–Trinajstić information content (AvgIpc) is 2.25. The molecule has 1 fully saturated rings. The molecule has 16 heavy (non-hydrogen) atoms. The Morgan fingerprint density at radius 1 is 1.12 bits per heavy atom. The highest BCUT2D eigenvalue weighted by molar-refractivity contribution is 4.82. The van der Waals surface area contributed by atoms with Gasteiger partial charge in [0.2, 0.25) is 0 Å². The zero-order valence-electron chi connectivity index (χ0n) is 11.5. The van der Waals surface area contributed by atoms with Gasteiger partial charge in [-0.3, -0.25) is 4.90 Å². The highest BCUT2D eigenvalue weighted by Gasteiger charge is 2.27. The maximum Gasteiger partial charge on any atom is 0.0718 e. The number of aliphatic hydroxyl groups is 1. The van der Waals surface area contributed by atoms with Crippen molar-refractivity contribution < 1.29 is 5.11 Å². The molecule has 0 aliphatic heterocycles. The van der Waals surface area contributed by atoms with Crippen LogP contribution in [0.5, 0.6) is 0 Å². The number of hydrogen-bond acceptors (Lipinski definition) is 2. The minimum atomic E-state index is -0.558. The molecule has 0 spiro atoms. The van der Waals surface area contributed by atoms with Gasteiger partial charge in [0, 0.05) is 12.6 Å². The van der Waals surface area contributed by atoms with Crippen LogP contribution < -0.4 is 0 Å². The summed E-state index contributed by atoms with van der Waals surface area (Å²) in [5.74, 6) is 0.956. The van der Waals surface area contributed by atoms with Crippen LogP contribution in [0.3, 0.4) is 0 Å². The second kappa shape index (κ2) is 6.02. The fourth-order valence-corrected chi connectivity index (χ4v) is 2.91. The Kier molecular flexibility index (Phi) is 5.26. The molecule has 1 aliphatic rings. The van der Waals surface area contributed by atoms with E-state index in [1.165, 1.54) is 32.1 Å². The van der Waals surface area contributed by atoms with E-state index in [4.69, 9.17) is 0 Å². The molecule has 1 N–H and O–H groups in total. The number of nitrogens with zero attached hydrogens (tertiary/aromatic N) is 1. The van der Waals surface area contributed by atoms with Crippen LogP contribution in [0.15, 0.2) is 0 Å². The van der Waals surface area contributed by atoms with Gasteiger partial charge in [0.1, 0.15) is 0 Å². The maximum absolute atomic E-state index is 9.91. The molecule has 0 bridgehead atoms. The molecule has 2 nitrogen and oxygen atoms in total. The van der Waals surface area contributed by atoms with Crippen LogP contribution in [0.1, 0.15) is 59.8 Å². The molecule has 0 aromatic carbocycles. The SMILES string of the molecule is CCC1CCC(N(CC)CC(C)(C)O)CC1. The first-order chi connectivity index (χ1) is 7.46. The van der Waals surface area contributed by atoms with E-state index in [1.807, 2.05) is 13.8 Å². The van der Waals surface area contributed by atoms with Crippen LogP contribution in [-0.4, -0.2) is 34.7 Å². The zero-order chi connectivity index (χ0) is 12.2. The van der Waals surface area contributed by atoms with E-state index in [0.717, 1.165) is 19.0 Å². The molecule has 96 valence electrons. The second-order valence-electron chi connectivity index (χ2n) is 5.96. The van der Waals surface area contributed by atoms with Gasteiger partial charge in [-0.2, -0.15) is 0 Å². The van der Waals surface area contributed by atoms with Crippen molar-refractivity contribution in [2.75, 3.05) is 13.1 Å². The Labute approximate surface area is 101 Å². The van der Waals surface area contributed by atoms with E-state index in [-0.39, 0.29) is 0 Å². The van der Waals surface area contributed by atoms with Gasteiger partial charge in [-0.05, 0) is 52.0 Å². The van der Waals surface area contributed by atoms with Crippen LogP contribution in [0.25, 0.3) is 0 Å². The summed E-state index contributed by atoms with van der Waals surface area (Å²) in [6.07, 6.45) is 6.74. The van der Waals surface area contributed by atoms with E-state index >= 15 is 0 Å². The normalized spacial score (nSPS) is 27.4. The van der Waals surface area contributed by atoms with E-state index in [0.29, 0.717) is 6.04 Å². The molecule has 0 saturated heterocycles. The third kappa shape index (κ3) is 4.42. The molecular weight excluding hydrogens is 198 g/mol. The molecule has 1 rings (SSSR count). The summed E-state index contributed by atoms with van der Waals surface area (Å²) in [6, 6.07) is 0.708. The van der Waals surface area contributed by atoms with Crippen LogP contribution in [0.4, 0.5) is 0 Å². The molecular formula is C14H29NO. The van der Waals surface area contributed by atoms with Gasteiger partial charge >= 0.3 is 0 Å². The number of likely N-dealkylation sites (N-methyl/N-ethyl adjacent to an activating group) is 1. The predicted molar refractivity (Wildman–Crippen MR) is 69.6 cm³/mol. The van der Waals surface area contributed by atoms with E-state index in [1.54, 1.807) is 0 Å². The molecule has 0 atom stereocenters. The van der Waals surface area contributed by atoms with Crippen molar-refractivity contribution in [2.24, 2.45) is 5.92 Å². The molecule has 0 radical (unpaired) electrons. The van der Waals surface area contributed by atoms with Crippen LogP contribution in [-0.2, 0) is 0 Å². The van der Waals surface area contributed by atoms with Gasteiger partial charge in [-0.25, -0.2) is 0 Å². The third-order valence-electron chi connectivity index (χ3n) is 3.91. The van der Waals surface area contributed by atoms with Crippen LogP contribution >= 0.6 is 0 Å². The lowest BCUT2D eigenvalue weighted by Gasteiger charge is -2.38. The first-order valence-corrected chi connectivity index (χ1v) is 6.92. The Balaban J connectivity index is 2.43. The van der Waals surface area contributed by atoms with Crippen molar-refractivity contribution in [3.63, 3.8) is 0 Å². The Morgan fingerprint density at radius 3 is 2.06 bits per heavy atom. The first kappa shape index (κ1) is 14.0. The first-order valence-electron chi connectivity index (χ1n) is 6.92. The van der Waals surface area contributed by atoms with Gasteiger partial charge in [0.25, 0.3) is 0 Å². The molecule has 2 heteroatoms. The number of hydrogen-bond donors (Lipinski definition) is 1. The summed E-state index contributed by atoms with van der Waals surface area (Å²) in [7, 11) is 0. The lowest BCUT2D eigenvalue weighted by atomic mass is 9.83. The van der Waals surface area contributed by atoms with Crippen LogP contribution in [0.2, 0.25) is 0 Å². The van der Waals surface area contributed by atoms with Crippen molar-refractivity contribution >= 4 is 0 Å². The minimum Gasteiger partial charge on any atom is -0.389 e. The topological polar surface area (TPSA) is 23.5 Å². The summed E-state index contributed by atoms with van der Waals surface area (Å²) < 4.78 is 0. The standard InChI is InChI=1S/C14H29NO/c1-5-12-7-9-13(10-8-12)15(6-2)11-14(3,4)16/h12-13,16H,5-11H2,1-4H3. The Bertz CT molecular complexity index is 189. The van der Waals surface area contributed by atoms with Gasteiger partial charge < -0.3 is 5.11 Å². The van der Waals surface area contributed by atoms with E-state index in [2.05, 4.69) is 18.7 Å². The van der Waals surface area contributed by atoms with Crippen molar-refractivity contribution in [3.8, 4) is 0 Å². The largest absolute Gasteiger partial charge is 0.389 e. The fourth-order valence-electron chi connectivity index (χ4n) is 2.91. The predicted octanol–water partition coefficient (Wildman–Crippen LogP) is 3.05. The minimum absolute atomic E-state index is 0.558. The second-order valence-corrected chi connectivity index (χ2v) is 5.96. The quantitative estimate of drug-likeness (QED) is 0.780. The Morgan fingerprint density at radius 2 is 1.69 bits per heavy atom. The van der Waals surface area contributed by atoms with Crippen molar-refractivity contribution in [1.82, 2.24) is 4.90 Å². The maximum atomic E-state index is 9.91. The molecule has 0 amide bonds. The summed E-state index contributed by atoms with van der Waals surface area (Å²) in [5, 5.41) is 9.91. The van der Waals surface area contributed by atoms with Crippen LogP contribution in [0, 0.1) is 5.92 Å². The highest BCUT2D eigenvalue weighted by atomic mass is 16.3. The lowest BCUT2D eigenvalue weighted by molar-refractivity contribution is 0.0129. The smallest absolute Gasteiger partial charge is 0.0718 e. The zero-order valence-corrected chi connectivity index (χ0v) is 11.5. The van der Waals surface area contributed by atoms with Crippen molar-refractivity contribution in [1.29, 1.82) is 0 Å². The highest BCUT2D eigenvalue weighted by Crippen LogP contribution is 2.29. The molecule has 0 heterocycles. The molecule has 1 saturated carbocycles. The summed E-state index contributed by atoms with van der Waals surface area (Å²) in [5.41, 5.74) is -0.558. The molecule has 1 aliphatic carbocycles. The van der Waals surface area contributed by atoms with Gasteiger partial charge in [0.15, 0.2) is 0 Å². The summed E-state index contributed by atoms with van der Waals surface area (Å²) >= 11 is 0. The molecule has 0 unspecified atom stereocenters. The van der Waals surface area contributed by atoms with Gasteiger partial charge in [0.05, 0.1) is 5.60 Å². The van der Waals surface area contributed by atoms with E-state index < -0.39 is 5.60 Å². The lowest BCUT2D eigenvalue weighted by Crippen LogP contribution is -2.45. The summed E-state index contributed by atoms with van der Waals surface area (Å²) in [6.45, 7) is 10.2. The summed E-state index contributed by atoms with van der Waals surface area (Å²) in [4.78, 5) is 2.46. The Hall–Kier alpha value is -0.0800. The van der Waals surface area contributed by atoms with Gasteiger partial charge in [-0.15, -0.1) is 0 Å². The fraction of sp³-hybridized carbons (Fsp3) is 1.00. The average molecular weight is 227 g/mol. The van der Waals surface area contributed by atoms with E-state index in [9.17, 15) is 5.11 Å². The third-order valence-corrected chi connectivity index (χ3v) is 3.91. The van der Waals surface area contributed by atoms with Crippen molar-refractivity contribution in [3.05, 3.63) is 0 Å². The molecule has 0 aromatic rings. The van der Waals surface area contributed by atoms with Gasteiger partial charge in [-0.1, -0.05) is 20.3 Å².